The Morgan fingerprint density at radius 3 is 2.60 bits per heavy atom. The molecule has 0 unspecified atom stereocenters. The molecule has 0 atom stereocenters. The molecule has 134 valence electrons. The number of hydrogen-bond donors (Lipinski definition) is 1. The number of nitro benzene ring substituents is 1. The first-order valence-electron chi connectivity index (χ1n) is 7.32. The fraction of sp³-hybridized carbons (Fsp3) is 0.250. The molecule has 0 heterocycles. The van der Waals surface area contributed by atoms with Gasteiger partial charge in [0, 0.05) is 18.2 Å². The predicted octanol–water partition coefficient (Wildman–Crippen LogP) is 3.09. The van der Waals surface area contributed by atoms with Crippen molar-refractivity contribution in [3.05, 3.63) is 62.7 Å². The Morgan fingerprint density at radius 2 is 1.96 bits per heavy atom. The number of nitrogens with zero attached hydrogens (tertiary/aromatic N) is 1. The third kappa shape index (κ3) is 4.47. The van der Waals surface area contributed by atoms with E-state index in [-0.39, 0.29) is 27.7 Å². The van der Waals surface area contributed by atoms with Crippen LogP contribution in [0.25, 0.3) is 0 Å². The molecule has 0 aliphatic rings. The maximum absolute atomic E-state index is 12.4. The number of methoxy groups -OCH3 is 1. The Balaban J connectivity index is 2.18. The maximum Gasteiger partial charge on any atom is 0.275 e. The van der Waals surface area contributed by atoms with E-state index >= 15 is 0 Å². The molecule has 0 bridgehead atoms. The average molecular weight is 385 g/mol. The summed E-state index contributed by atoms with van der Waals surface area (Å²) in [6.45, 7) is 1.58. The van der Waals surface area contributed by atoms with Gasteiger partial charge in [-0.3, -0.25) is 10.1 Å². The Hall–Kier alpha value is -2.16. The number of halogens is 1. The molecule has 0 amide bonds. The minimum absolute atomic E-state index is 0.0271. The van der Waals surface area contributed by atoms with E-state index in [1.165, 1.54) is 20.1 Å². The van der Waals surface area contributed by atoms with E-state index in [1.807, 2.05) is 18.2 Å². The van der Waals surface area contributed by atoms with Crippen LogP contribution in [-0.4, -0.2) is 27.0 Å². The van der Waals surface area contributed by atoms with Crippen molar-refractivity contribution in [2.75, 3.05) is 13.7 Å². The van der Waals surface area contributed by atoms with Crippen molar-refractivity contribution in [2.24, 2.45) is 0 Å². The zero-order valence-corrected chi connectivity index (χ0v) is 15.2. The number of para-hydroxylation sites is 1. The number of nitrogens with one attached hydrogen (secondary N) is 1. The van der Waals surface area contributed by atoms with Crippen LogP contribution >= 0.6 is 11.6 Å². The molecule has 2 aromatic rings. The predicted molar refractivity (Wildman–Crippen MR) is 94.7 cm³/mol. The van der Waals surface area contributed by atoms with Crippen LogP contribution in [0.4, 0.5) is 5.69 Å². The minimum atomic E-state index is -3.92. The van der Waals surface area contributed by atoms with Gasteiger partial charge in [0.05, 0.1) is 22.0 Å². The van der Waals surface area contributed by atoms with Gasteiger partial charge in [0.15, 0.2) is 0 Å². The lowest BCUT2D eigenvalue weighted by atomic mass is 10.1. The van der Waals surface area contributed by atoms with E-state index in [9.17, 15) is 18.5 Å². The molecule has 0 saturated carbocycles. The molecular formula is C16H17ClN2O5S. The summed E-state index contributed by atoms with van der Waals surface area (Å²) < 4.78 is 32.4. The second kappa shape index (κ2) is 7.81. The lowest BCUT2D eigenvalue weighted by Crippen LogP contribution is -2.26. The van der Waals surface area contributed by atoms with Crippen molar-refractivity contribution >= 4 is 27.3 Å². The second-order valence-corrected chi connectivity index (χ2v) is 7.44. The SMILES string of the molecule is COc1ccccc1CCNS(=O)(=O)c1cc(Cl)c(C)c([N+](=O)[O-])c1. The molecule has 0 aromatic heterocycles. The van der Waals surface area contributed by atoms with Crippen LogP contribution in [0.2, 0.25) is 5.02 Å². The van der Waals surface area contributed by atoms with Gasteiger partial charge in [-0.1, -0.05) is 29.8 Å². The van der Waals surface area contributed by atoms with Crippen LogP contribution < -0.4 is 9.46 Å². The molecule has 0 aliphatic carbocycles. The fourth-order valence-electron chi connectivity index (χ4n) is 2.30. The van der Waals surface area contributed by atoms with E-state index in [1.54, 1.807) is 6.07 Å². The number of sulfonamides is 1. The summed E-state index contributed by atoms with van der Waals surface area (Å²) in [7, 11) is -2.39. The quantitative estimate of drug-likeness (QED) is 0.584. The van der Waals surface area contributed by atoms with Crippen LogP contribution in [0.3, 0.4) is 0 Å². The standard InChI is InChI=1S/C16H17ClN2O5S/c1-11-14(17)9-13(10-15(11)19(20)21)25(22,23)18-8-7-12-5-3-4-6-16(12)24-2/h3-6,9-10,18H,7-8H2,1-2H3. The van der Waals surface area contributed by atoms with Gasteiger partial charge in [-0.2, -0.15) is 0 Å². The molecular weight excluding hydrogens is 368 g/mol. The molecule has 0 spiro atoms. The van der Waals surface area contributed by atoms with E-state index in [0.717, 1.165) is 11.6 Å². The van der Waals surface area contributed by atoms with E-state index in [4.69, 9.17) is 16.3 Å². The van der Waals surface area contributed by atoms with Crippen molar-refractivity contribution in [3.63, 3.8) is 0 Å². The number of hydrogen-bond acceptors (Lipinski definition) is 5. The first-order chi connectivity index (χ1) is 11.8. The van der Waals surface area contributed by atoms with Crippen LogP contribution in [0, 0.1) is 17.0 Å². The largest absolute Gasteiger partial charge is 0.496 e. The van der Waals surface area contributed by atoms with Crippen molar-refractivity contribution in [2.45, 2.75) is 18.2 Å². The Morgan fingerprint density at radius 1 is 1.28 bits per heavy atom. The number of benzene rings is 2. The normalized spacial score (nSPS) is 11.3. The molecule has 0 saturated heterocycles. The zero-order chi connectivity index (χ0) is 18.6. The van der Waals surface area contributed by atoms with Crippen molar-refractivity contribution in [1.82, 2.24) is 4.72 Å². The van der Waals surface area contributed by atoms with E-state index in [2.05, 4.69) is 4.72 Å². The van der Waals surface area contributed by atoms with E-state index in [0.29, 0.717) is 12.2 Å². The van der Waals surface area contributed by atoms with Gasteiger partial charge in [0.2, 0.25) is 10.0 Å². The zero-order valence-electron chi connectivity index (χ0n) is 13.7. The average Bonchev–Trinajstić information content (AvgIpc) is 2.57. The second-order valence-electron chi connectivity index (χ2n) is 5.27. The Labute approximate surface area is 150 Å². The number of ether oxygens (including phenoxy) is 1. The van der Waals surface area contributed by atoms with Crippen LogP contribution in [-0.2, 0) is 16.4 Å². The molecule has 25 heavy (non-hydrogen) atoms. The van der Waals surface area contributed by atoms with Crippen molar-refractivity contribution in [3.8, 4) is 5.75 Å². The van der Waals surface area contributed by atoms with Gasteiger partial charge in [-0.15, -0.1) is 0 Å². The summed E-state index contributed by atoms with van der Waals surface area (Å²) in [5.74, 6) is 0.663. The summed E-state index contributed by atoms with van der Waals surface area (Å²) in [5, 5.41) is 11.1. The summed E-state index contributed by atoms with van der Waals surface area (Å²) in [4.78, 5) is 10.1. The van der Waals surface area contributed by atoms with Crippen molar-refractivity contribution in [1.29, 1.82) is 0 Å². The van der Waals surface area contributed by atoms with Gasteiger partial charge in [-0.25, -0.2) is 13.1 Å². The molecule has 9 heteroatoms. The molecule has 2 rings (SSSR count). The van der Waals surface area contributed by atoms with Gasteiger partial charge in [0.25, 0.3) is 5.69 Å². The van der Waals surface area contributed by atoms with Gasteiger partial charge < -0.3 is 4.74 Å². The highest BCUT2D eigenvalue weighted by Gasteiger charge is 2.22. The van der Waals surface area contributed by atoms with Crippen LogP contribution in [0.5, 0.6) is 5.75 Å². The first-order valence-corrected chi connectivity index (χ1v) is 9.18. The monoisotopic (exact) mass is 384 g/mol. The fourth-order valence-corrected chi connectivity index (χ4v) is 3.65. The summed E-state index contributed by atoms with van der Waals surface area (Å²) in [5.41, 5.74) is 0.734. The molecule has 0 radical (unpaired) electrons. The van der Waals surface area contributed by atoms with Gasteiger partial charge >= 0.3 is 0 Å². The van der Waals surface area contributed by atoms with Crippen molar-refractivity contribution < 1.29 is 18.1 Å². The highest BCUT2D eigenvalue weighted by Crippen LogP contribution is 2.29. The van der Waals surface area contributed by atoms with Crippen LogP contribution in [0.15, 0.2) is 41.3 Å². The highest BCUT2D eigenvalue weighted by molar-refractivity contribution is 7.89. The summed E-state index contributed by atoms with van der Waals surface area (Å²) >= 11 is 5.93. The lowest BCUT2D eigenvalue weighted by molar-refractivity contribution is -0.385. The molecule has 1 N–H and O–H groups in total. The molecule has 2 aromatic carbocycles. The number of nitro groups is 1. The minimum Gasteiger partial charge on any atom is -0.496 e. The van der Waals surface area contributed by atoms with Gasteiger partial charge in [-0.05, 0) is 31.0 Å². The van der Waals surface area contributed by atoms with E-state index < -0.39 is 14.9 Å². The third-order valence-corrected chi connectivity index (χ3v) is 5.51. The smallest absolute Gasteiger partial charge is 0.275 e. The molecule has 7 nitrogen and oxygen atoms in total. The number of rotatable bonds is 7. The summed E-state index contributed by atoms with van der Waals surface area (Å²) in [6, 6.07) is 9.48. The Kier molecular flexibility index (Phi) is 5.99. The Bertz CT molecular complexity index is 899. The topological polar surface area (TPSA) is 98.5 Å². The lowest BCUT2D eigenvalue weighted by Gasteiger charge is -2.10. The van der Waals surface area contributed by atoms with Crippen LogP contribution in [0.1, 0.15) is 11.1 Å². The highest BCUT2D eigenvalue weighted by atomic mass is 35.5. The first kappa shape index (κ1) is 19.2. The maximum atomic E-state index is 12.4. The summed E-state index contributed by atoms with van der Waals surface area (Å²) in [6.07, 6.45) is 0.408. The molecule has 0 aliphatic heterocycles. The molecule has 0 fully saturated rings. The third-order valence-electron chi connectivity index (χ3n) is 3.68. The van der Waals surface area contributed by atoms with Gasteiger partial charge in [0.1, 0.15) is 5.75 Å².